The van der Waals surface area contributed by atoms with Gasteiger partial charge in [0.2, 0.25) is 5.95 Å². The second kappa shape index (κ2) is 10.7. The summed E-state index contributed by atoms with van der Waals surface area (Å²) in [4.78, 5) is 22.7. The lowest BCUT2D eigenvalue weighted by molar-refractivity contribution is -0.159. The van der Waals surface area contributed by atoms with Gasteiger partial charge in [0.15, 0.2) is 0 Å². The second-order valence-corrected chi connectivity index (χ2v) is 7.06. The van der Waals surface area contributed by atoms with E-state index < -0.39 is 11.9 Å². The van der Waals surface area contributed by atoms with Gasteiger partial charge in [-0.25, -0.2) is 19.0 Å². The largest absolute Gasteiger partial charge is 0.473 e. The average Bonchev–Trinajstić information content (AvgIpc) is 3.20. The van der Waals surface area contributed by atoms with Crippen molar-refractivity contribution in [2.24, 2.45) is 7.05 Å². The lowest BCUT2D eigenvalue weighted by Crippen LogP contribution is -2.09. The number of rotatable bonds is 5. The van der Waals surface area contributed by atoms with Gasteiger partial charge in [0.1, 0.15) is 5.82 Å². The molecule has 0 atom stereocenters. The van der Waals surface area contributed by atoms with E-state index in [2.05, 4.69) is 46.7 Å². The van der Waals surface area contributed by atoms with Crippen molar-refractivity contribution in [2.75, 3.05) is 5.32 Å². The summed E-state index contributed by atoms with van der Waals surface area (Å²) in [5, 5.41) is 18.1. The zero-order valence-corrected chi connectivity index (χ0v) is 17.8. The monoisotopic (exact) mass is 447 g/mol. The number of nitrogens with zero attached hydrogens (tertiary/aromatic N) is 2. The predicted octanol–water partition coefficient (Wildman–Crippen LogP) is 4.66. The zero-order valence-electron chi connectivity index (χ0n) is 17.8. The number of hydrogen-bond acceptors (Lipinski definition) is 4. The van der Waals surface area contributed by atoms with Gasteiger partial charge >= 0.3 is 11.9 Å². The van der Waals surface area contributed by atoms with Crippen LogP contribution in [0.25, 0.3) is 22.4 Å². The number of hydrogen-bond donors (Lipinski definition) is 3. The van der Waals surface area contributed by atoms with E-state index in [0.29, 0.717) is 6.54 Å². The number of nitrogens with one attached hydrogen (secondary N) is 1. The van der Waals surface area contributed by atoms with Crippen LogP contribution in [0.3, 0.4) is 0 Å². The molecule has 33 heavy (non-hydrogen) atoms. The Hall–Kier alpha value is -4.46. The Balaban J connectivity index is 0.000000454. The van der Waals surface area contributed by atoms with Crippen LogP contribution in [0.5, 0.6) is 0 Å². The van der Waals surface area contributed by atoms with Crippen LogP contribution in [-0.2, 0) is 23.2 Å². The summed E-state index contributed by atoms with van der Waals surface area (Å²) in [5.41, 5.74) is 5.55. The van der Waals surface area contributed by atoms with Crippen molar-refractivity contribution >= 4 is 17.9 Å². The molecule has 1 heterocycles. The van der Waals surface area contributed by atoms with E-state index in [1.54, 1.807) is 12.1 Å². The summed E-state index contributed by atoms with van der Waals surface area (Å²) < 4.78 is 15.0. The first-order valence-corrected chi connectivity index (χ1v) is 9.97. The van der Waals surface area contributed by atoms with Crippen LogP contribution in [0, 0.1) is 5.82 Å². The minimum absolute atomic E-state index is 0.225. The summed E-state index contributed by atoms with van der Waals surface area (Å²) in [6.45, 7) is 0.595. The number of carbonyl (C=O) groups is 2. The SMILES string of the molecule is Cn1c(-c2ccc(-c3ccccc3)cc2)cnc1NCc1ccc(F)cc1.O=C(O)C(=O)O. The predicted molar refractivity (Wildman–Crippen MR) is 123 cm³/mol. The molecule has 0 radical (unpaired) electrons. The molecule has 0 fully saturated rings. The highest BCUT2D eigenvalue weighted by Gasteiger charge is 2.09. The molecule has 0 bridgehead atoms. The maximum Gasteiger partial charge on any atom is 0.414 e. The molecule has 4 rings (SSSR count). The summed E-state index contributed by atoms with van der Waals surface area (Å²) in [6.07, 6.45) is 1.87. The zero-order chi connectivity index (χ0) is 23.8. The first-order chi connectivity index (χ1) is 15.8. The van der Waals surface area contributed by atoms with Gasteiger partial charge < -0.3 is 20.1 Å². The lowest BCUT2D eigenvalue weighted by atomic mass is 10.0. The highest BCUT2D eigenvalue weighted by molar-refractivity contribution is 6.27. The molecular weight excluding hydrogens is 425 g/mol. The fourth-order valence-electron chi connectivity index (χ4n) is 3.09. The number of halogens is 1. The number of imidazole rings is 1. The van der Waals surface area contributed by atoms with Crippen molar-refractivity contribution in [1.82, 2.24) is 9.55 Å². The molecule has 0 amide bonds. The molecule has 4 aromatic rings. The molecular formula is C25H22FN3O4. The topological polar surface area (TPSA) is 104 Å². The van der Waals surface area contributed by atoms with Gasteiger partial charge in [-0.2, -0.15) is 0 Å². The van der Waals surface area contributed by atoms with Gasteiger partial charge in [-0.05, 0) is 34.4 Å². The summed E-state index contributed by atoms with van der Waals surface area (Å²) >= 11 is 0. The van der Waals surface area contributed by atoms with Crippen LogP contribution in [-0.4, -0.2) is 31.7 Å². The molecule has 168 valence electrons. The van der Waals surface area contributed by atoms with E-state index in [9.17, 15) is 4.39 Å². The minimum atomic E-state index is -1.82. The Morgan fingerprint density at radius 2 is 1.39 bits per heavy atom. The Morgan fingerprint density at radius 3 is 1.97 bits per heavy atom. The van der Waals surface area contributed by atoms with Crippen LogP contribution >= 0.6 is 0 Å². The molecule has 0 saturated carbocycles. The molecule has 0 aliphatic heterocycles. The third-order valence-electron chi connectivity index (χ3n) is 4.82. The maximum absolute atomic E-state index is 13.0. The van der Waals surface area contributed by atoms with Crippen molar-refractivity contribution in [1.29, 1.82) is 0 Å². The van der Waals surface area contributed by atoms with E-state index in [1.165, 1.54) is 23.3 Å². The number of carboxylic acids is 2. The summed E-state index contributed by atoms with van der Waals surface area (Å²) in [5.74, 6) is -3.09. The second-order valence-electron chi connectivity index (χ2n) is 7.06. The van der Waals surface area contributed by atoms with Gasteiger partial charge in [0.25, 0.3) is 0 Å². The van der Waals surface area contributed by atoms with E-state index in [1.807, 2.05) is 36.0 Å². The minimum Gasteiger partial charge on any atom is -0.473 e. The Bertz CT molecular complexity index is 1210. The number of aliphatic carboxylic acids is 2. The van der Waals surface area contributed by atoms with Crippen LogP contribution in [0.4, 0.5) is 10.3 Å². The lowest BCUT2D eigenvalue weighted by Gasteiger charge is -2.09. The molecule has 3 N–H and O–H groups in total. The number of carboxylic acid groups (broad SMARTS) is 2. The van der Waals surface area contributed by atoms with Crippen molar-refractivity contribution in [3.8, 4) is 22.4 Å². The van der Waals surface area contributed by atoms with E-state index in [0.717, 1.165) is 22.8 Å². The van der Waals surface area contributed by atoms with E-state index >= 15 is 0 Å². The molecule has 0 unspecified atom stereocenters. The summed E-state index contributed by atoms with van der Waals surface area (Å²) in [6, 6.07) is 25.3. The quantitative estimate of drug-likeness (QED) is 0.385. The Kier molecular flexibility index (Phi) is 7.54. The van der Waals surface area contributed by atoms with Crippen molar-refractivity contribution < 1.29 is 24.2 Å². The normalized spacial score (nSPS) is 10.1. The average molecular weight is 447 g/mol. The standard InChI is InChI=1S/C23H20FN3.C2H2O4/c1-27-22(16-26-23(27)25-15-17-7-13-21(24)14-8-17)20-11-9-19(10-12-20)18-5-3-2-4-6-18;3-1(4)2(5)6/h2-14,16H,15H2,1H3,(H,25,26);(H,3,4)(H,5,6). The van der Waals surface area contributed by atoms with Crippen LogP contribution < -0.4 is 5.32 Å². The van der Waals surface area contributed by atoms with Gasteiger partial charge in [0.05, 0.1) is 11.9 Å². The fraction of sp³-hybridized carbons (Fsp3) is 0.0800. The molecule has 0 saturated heterocycles. The highest BCUT2D eigenvalue weighted by Crippen LogP contribution is 2.26. The highest BCUT2D eigenvalue weighted by atomic mass is 19.1. The molecule has 0 aliphatic carbocycles. The molecule has 0 spiro atoms. The number of benzene rings is 3. The van der Waals surface area contributed by atoms with Crippen LogP contribution in [0.2, 0.25) is 0 Å². The van der Waals surface area contributed by atoms with E-state index in [-0.39, 0.29) is 5.82 Å². The first kappa shape index (κ1) is 23.2. The number of anilines is 1. The molecule has 0 aliphatic rings. The van der Waals surface area contributed by atoms with Gasteiger partial charge in [-0.15, -0.1) is 0 Å². The van der Waals surface area contributed by atoms with Crippen LogP contribution in [0.1, 0.15) is 5.56 Å². The third kappa shape index (κ3) is 6.27. The van der Waals surface area contributed by atoms with Gasteiger partial charge in [-0.1, -0.05) is 66.7 Å². The number of aromatic nitrogens is 2. The summed E-state index contributed by atoms with van der Waals surface area (Å²) in [7, 11) is 1.99. The Labute approximate surface area is 189 Å². The van der Waals surface area contributed by atoms with Crippen molar-refractivity contribution in [3.05, 3.63) is 96.4 Å². The maximum atomic E-state index is 13.0. The fourth-order valence-corrected chi connectivity index (χ4v) is 3.09. The van der Waals surface area contributed by atoms with Gasteiger partial charge in [-0.3, -0.25) is 0 Å². The molecule has 8 heteroatoms. The van der Waals surface area contributed by atoms with E-state index in [4.69, 9.17) is 19.8 Å². The van der Waals surface area contributed by atoms with Gasteiger partial charge in [0, 0.05) is 13.6 Å². The molecule has 7 nitrogen and oxygen atoms in total. The smallest absolute Gasteiger partial charge is 0.414 e. The first-order valence-electron chi connectivity index (χ1n) is 9.97. The molecule has 1 aromatic heterocycles. The Morgan fingerprint density at radius 1 is 0.848 bits per heavy atom. The van der Waals surface area contributed by atoms with Crippen LogP contribution in [0.15, 0.2) is 85.1 Å². The van der Waals surface area contributed by atoms with Crippen molar-refractivity contribution in [2.45, 2.75) is 6.54 Å². The third-order valence-corrected chi connectivity index (χ3v) is 4.82. The van der Waals surface area contributed by atoms with Crippen molar-refractivity contribution in [3.63, 3.8) is 0 Å². The molecule has 3 aromatic carbocycles.